The summed E-state index contributed by atoms with van der Waals surface area (Å²) in [5.41, 5.74) is 4.64. The molecule has 0 saturated carbocycles. The summed E-state index contributed by atoms with van der Waals surface area (Å²) in [6.45, 7) is 10.2. The van der Waals surface area contributed by atoms with Gasteiger partial charge in [-0.25, -0.2) is 0 Å². The molecule has 1 atom stereocenters. The number of hydrogen-bond acceptors (Lipinski definition) is 2. The molecule has 1 aromatic rings. The quantitative estimate of drug-likeness (QED) is 0.743. The molecule has 0 spiro atoms. The Morgan fingerprint density at radius 3 is 2.36 bits per heavy atom. The van der Waals surface area contributed by atoms with Crippen LogP contribution in [0.1, 0.15) is 29.9 Å². The number of nitrogens with zero attached hydrogens (tertiary/aromatic N) is 2. The van der Waals surface area contributed by atoms with Crippen molar-refractivity contribution in [3.05, 3.63) is 29.1 Å². The minimum atomic E-state index is 0.212. The van der Waals surface area contributed by atoms with Crippen LogP contribution in [-0.2, 0) is 7.05 Å². The molecule has 1 aromatic heterocycles. The first kappa shape index (κ1) is 11.0. The lowest BCUT2D eigenvalue weighted by Gasteiger charge is -2.16. The second-order valence-corrected chi connectivity index (χ2v) is 3.78. The largest absolute Gasteiger partial charge is 0.310 e. The third kappa shape index (κ3) is 1.73. The van der Waals surface area contributed by atoms with Gasteiger partial charge in [-0.2, -0.15) is 5.10 Å². The summed E-state index contributed by atoms with van der Waals surface area (Å²) < 4.78 is 1.91. The molecule has 1 unspecified atom stereocenters. The van der Waals surface area contributed by atoms with Gasteiger partial charge in [-0.1, -0.05) is 12.2 Å². The monoisotopic (exact) mass is 193 g/mol. The van der Waals surface area contributed by atoms with Gasteiger partial charge in [-0.05, 0) is 27.8 Å². The topological polar surface area (TPSA) is 29.9 Å². The molecule has 0 aliphatic carbocycles. The van der Waals surface area contributed by atoms with E-state index in [1.165, 1.54) is 11.3 Å². The fourth-order valence-corrected chi connectivity index (χ4v) is 1.84. The van der Waals surface area contributed by atoms with Crippen molar-refractivity contribution in [2.75, 3.05) is 7.05 Å². The Labute approximate surface area is 85.8 Å². The van der Waals surface area contributed by atoms with Gasteiger partial charge in [0.15, 0.2) is 0 Å². The Hall–Kier alpha value is -1.09. The highest BCUT2D eigenvalue weighted by atomic mass is 15.3. The maximum atomic E-state index is 4.40. The number of aryl methyl sites for hydroxylation is 2. The molecule has 3 nitrogen and oxygen atoms in total. The summed E-state index contributed by atoms with van der Waals surface area (Å²) in [5.74, 6) is 0. The molecule has 0 aliphatic rings. The molecule has 0 fully saturated rings. The van der Waals surface area contributed by atoms with Gasteiger partial charge < -0.3 is 5.32 Å². The van der Waals surface area contributed by atoms with E-state index in [9.17, 15) is 0 Å². The normalized spacial score (nSPS) is 12.9. The van der Waals surface area contributed by atoms with Crippen molar-refractivity contribution in [3.8, 4) is 0 Å². The molecule has 0 bridgehead atoms. The predicted molar refractivity (Wildman–Crippen MR) is 59.3 cm³/mol. The number of nitrogens with one attached hydrogen (secondary N) is 1. The summed E-state index contributed by atoms with van der Waals surface area (Å²) in [6.07, 6.45) is 0. The van der Waals surface area contributed by atoms with E-state index in [2.05, 4.69) is 23.9 Å². The van der Waals surface area contributed by atoms with Crippen molar-refractivity contribution in [1.82, 2.24) is 15.1 Å². The van der Waals surface area contributed by atoms with E-state index in [4.69, 9.17) is 0 Å². The van der Waals surface area contributed by atoms with Crippen LogP contribution in [0, 0.1) is 13.8 Å². The van der Waals surface area contributed by atoms with Crippen LogP contribution in [0.4, 0.5) is 0 Å². The first-order chi connectivity index (χ1) is 6.49. The van der Waals surface area contributed by atoms with E-state index in [0.29, 0.717) is 0 Å². The highest BCUT2D eigenvalue weighted by Crippen LogP contribution is 2.25. The zero-order chi connectivity index (χ0) is 10.9. The van der Waals surface area contributed by atoms with E-state index in [1.54, 1.807) is 0 Å². The van der Waals surface area contributed by atoms with E-state index >= 15 is 0 Å². The van der Waals surface area contributed by atoms with Crippen LogP contribution in [0.5, 0.6) is 0 Å². The molecule has 78 valence electrons. The Kier molecular flexibility index (Phi) is 3.11. The number of aromatic nitrogens is 2. The van der Waals surface area contributed by atoms with Crippen LogP contribution in [-0.4, -0.2) is 16.8 Å². The molecule has 0 aromatic carbocycles. The van der Waals surface area contributed by atoms with Gasteiger partial charge in [0.2, 0.25) is 0 Å². The smallest absolute Gasteiger partial charge is 0.0647 e. The van der Waals surface area contributed by atoms with Crippen LogP contribution < -0.4 is 5.32 Å². The van der Waals surface area contributed by atoms with Crippen LogP contribution in [0.25, 0.3) is 0 Å². The van der Waals surface area contributed by atoms with Gasteiger partial charge in [0, 0.05) is 18.3 Å². The average molecular weight is 193 g/mol. The second-order valence-electron chi connectivity index (χ2n) is 3.78. The van der Waals surface area contributed by atoms with Crippen LogP contribution in [0.2, 0.25) is 0 Å². The van der Waals surface area contributed by atoms with Gasteiger partial charge in [0.1, 0.15) is 0 Å². The average Bonchev–Trinajstić information content (AvgIpc) is 2.32. The Bertz CT molecular complexity index is 350. The minimum absolute atomic E-state index is 0.212. The predicted octanol–water partition coefficient (Wildman–Crippen LogP) is 1.87. The fraction of sp³-hybridized carbons (Fsp3) is 0.545. The van der Waals surface area contributed by atoms with Crippen molar-refractivity contribution in [2.24, 2.45) is 7.05 Å². The summed E-state index contributed by atoms with van der Waals surface area (Å²) in [4.78, 5) is 0. The second kappa shape index (κ2) is 3.96. The van der Waals surface area contributed by atoms with Crippen LogP contribution in [0.3, 0.4) is 0 Å². The standard InChI is InChI=1S/C11H19N3/c1-7(2)11(12-5)10-8(3)13-14(6)9(10)4/h11-12H,1H2,2-6H3. The third-order valence-electron chi connectivity index (χ3n) is 2.64. The molecular formula is C11H19N3. The van der Waals surface area contributed by atoms with Gasteiger partial charge in [-0.3, -0.25) is 4.68 Å². The molecule has 1 N–H and O–H groups in total. The van der Waals surface area contributed by atoms with Crippen LogP contribution >= 0.6 is 0 Å². The maximum Gasteiger partial charge on any atom is 0.0647 e. The van der Waals surface area contributed by atoms with Gasteiger partial charge in [0.05, 0.1) is 11.7 Å². The zero-order valence-electron chi connectivity index (χ0n) is 9.68. The van der Waals surface area contributed by atoms with E-state index in [0.717, 1.165) is 11.3 Å². The molecule has 0 radical (unpaired) electrons. The van der Waals surface area contributed by atoms with Crippen molar-refractivity contribution >= 4 is 0 Å². The first-order valence-corrected chi connectivity index (χ1v) is 4.81. The van der Waals surface area contributed by atoms with Crippen molar-refractivity contribution in [1.29, 1.82) is 0 Å². The number of hydrogen-bond donors (Lipinski definition) is 1. The summed E-state index contributed by atoms with van der Waals surface area (Å²) in [6, 6.07) is 0.212. The SMILES string of the molecule is C=C(C)C(NC)c1c(C)nn(C)c1C. The Morgan fingerprint density at radius 1 is 1.50 bits per heavy atom. The molecule has 1 heterocycles. The maximum absolute atomic E-state index is 4.40. The Balaban J connectivity index is 3.22. The molecule has 0 amide bonds. The lowest BCUT2D eigenvalue weighted by Crippen LogP contribution is -2.18. The highest BCUT2D eigenvalue weighted by Gasteiger charge is 2.18. The van der Waals surface area contributed by atoms with Crippen molar-refractivity contribution in [2.45, 2.75) is 26.8 Å². The molecule has 0 saturated heterocycles. The van der Waals surface area contributed by atoms with E-state index < -0.39 is 0 Å². The van der Waals surface area contributed by atoms with E-state index in [-0.39, 0.29) is 6.04 Å². The molecular weight excluding hydrogens is 174 g/mol. The van der Waals surface area contributed by atoms with Crippen molar-refractivity contribution < 1.29 is 0 Å². The molecule has 3 heteroatoms. The van der Waals surface area contributed by atoms with Gasteiger partial charge in [0.25, 0.3) is 0 Å². The zero-order valence-corrected chi connectivity index (χ0v) is 9.68. The number of likely N-dealkylation sites (N-methyl/N-ethyl adjacent to an activating group) is 1. The fourth-order valence-electron chi connectivity index (χ4n) is 1.84. The molecule has 14 heavy (non-hydrogen) atoms. The lowest BCUT2D eigenvalue weighted by atomic mass is 9.99. The first-order valence-electron chi connectivity index (χ1n) is 4.81. The van der Waals surface area contributed by atoms with Crippen molar-refractivity contribution in [3.63, 3.8) is 0 Å². The summed E-state index contributed by atoms with van der Waals surface area (Å²) in [5, 5.41) is 7.66. The summed E-state index contributed by atoms with van der Waals surface area (Å²) >= 11 is 0. The van der Waals surface area contributed by atoms with E-state index in [1.807, 2.05) is 32.6 Å². The van der Waals surface area contributed by atoms with Gasteiger partial charge in [-0.15, -0.1) is 0 Å². The molecule has 1 rings (SSSR count). The number of rotatable bonds is 3. The minimum Gasteiger partial charge on any atom is -0.310 e. The third-order valence-corrected chi connectivity index (χ3v) is 2.64. The Morgan fingerprint density at radius 2 is 2.07 bits per heavy atom. The van der Waals surface area contributed by atoms with Gasteiger partial charge >= 0.3 is 0 Å². The molecule has 0 aliphatic heterocycles. The lowest BCUT2D eigenvalue weighted by molar-refractivity contribution is 0.667. The van der Waals surface area contributed by atoms with Crippen LogP contribution in [0.15, 0.2) is 12.2 Å². The highest BCUT2D eigenvalue weighted by molar-refractivity contribution is 5.33. The summed E-state index contributed by atoms with van der Waals surface area (Å²) in [7, 11) is 3.92.